The Morgan fingerprint density at radius 1 is 0.931 bits per heavy atom. The van der Waals surface area contributed by atoms with Crippen molar-refractivity contribution in [2.45, 2.75) is 25.8 Å². The number of anilines is 1. The largest absolute Gasteiger partial charge is 0.345 e. The number of carbonyl (C=O) groups is 3. The van der Waals surface area contributed by atoms with E-state index in [1.807, 2.05) is 36.4 Å². The van der Waals surface area contributed by atoms with Gasteiger partial charge in [0.05, 0.1) is 6.54 Å². The molecule has 0 aliphatic rings. The average molecular weight is 396 g/mol. The summed E-state index contributed by atoms with van der Waals surface area (Å²) >= 11 is 0. The minimum atomic E-state index is -0.707. The minimum absolute atomic E-state index is 0.168. The third-order valence-corrected chi connectivity index (χ3v) is 4.26. The number of benzene rings is 2. The van der Waals surface area contributed by atoms with Crippen LogP contribution in [0.4, 0.5) is 5.69 Å². The van der Waals surface area contributed by atoms with Crippen LogP contribution in [-0.4, -0.2) is 43.9 Å². The maximum atomic E-state index is 12.2. The highest BCUT2D eigenvalue weighted by atomic mass is 16.2. The van der Waals surface area contributed by atoms with Crippen LogP contribution in [0.2, 0.25) is 0 Å². The van der Waals surface area contributed by atoms with Gasteiger partial charge in [0.1, 0.15) is 6.04 Å². The zero-order valence-electron chi connectivity index (χ0n) is 16.8. The lowest BCUT2D eigenvalue weighted by atomic mass is 10.0. The summed E-state index contributed by atoms with van der Waals surface area (Å²) < 4.78 is 0. The van der Waals surface area contributed by atoms with Gasteiger partial charge in [0.15, 0.2) is 0 Å². The second-order valence-electron chi connectivity index (χ2n) is 6.77. The van der Waals surface area contributed by atoms with E-state index in [0.717, 1.165) is 12.0 Å². The van der Waals surface area contributed by atoms with E-state index >= 15 is 0 Å². The smallest absolute Gasteiger partial charge is 0.243 e. The van der Waals surface area contributed by atoms with Crippen LogP contribution in [-0.2, 0) is 20.8 Å². The van der Waals surface area contributed by atoms with E-state index in [1.54, 1.807) is 20.0 Å². The fraction of sp³-hybridized carbons (Fsp3) is 0.318. The molecule has 0 spiro atoms. The molecule has 0 saturated carbocycles. The predicted octanol–water partition coefficient (Wildman–Crippen LogP) is 1.45. The highest BCUT2D eigenvalue weighted by Crippen LogP contribution is 2.14. The van der Waals surface area contributed by atoms with Crippen LogP contribution in [0.5, 0.6) is 0 Å². The average Bonchev–Trinajstić information content (AvgIpc) is 2.71. The van der Waals surface area contributed by atoms with Crippen LogP contribution >= 0.6 is 0 Å². The van der Waals surface area contributed by atoms with E-state index in [4.69, 9.17) is 0 Å². The monoisotopic (exact) mass is 396 g/mol. The van der Waals surface area contributed by atoms with Crippen LogP contribution in [0.15, 0.2) is 54.6 Å². The highest BCUT2D eigenvalue weighted by molar-refractivity contribution is 5.96. The molecular weight excluding hydrogens is 368 g/mol. The summed E-state index contributed by atoms with van der Waals surface area (Å²) in [5, 5.41) is 10.8. The molecule has 0 aliphatic carbocycles. The molecule has 0 heterocycles. The Labute approximate surface area is 171 Å². The second-order valence-corrected chi connectivity index (χ2v) is 6.77. The first-order valence-electron chi connectivity index (χ1n) is 9.62. The molecule has 0 aromatic heterocycles. The van der Waals surface area contributed by atoms with Crippen LogP contribution < -0.4 is 21.3 Å². The summed E-state index contributed by atoms with van der Waals surface area (Å²) in [6.07, 6.45) is 1.06. The van der Waals surface area contributed by atoms with Crippen LogP contribution in [0.3, 0.4) is 0 Å². The number of amides is 3. The van der Waals surface area contributed by atoms with Gasteiger partial charge in [-0.3, -0.25) is 14.4 Å². The lowest BCUT2D eigenvalue weighted by molar-refractivity contribution is -0.129. The molecule has 1 unspecified atom stereocenters. The van der Waals surface area contributed by atoms with Gasteiger partial charge in [-0.2, -0.15) is 0 Å². The lowest BCUT2D eigenvalue weighted by Crippen LogP contribution is -2.47. The van der Waals surface area contributed by atoms with E-state index < -0.39 is 11.9 Å². The van der Waals surface area contributed by atoms with Crippen molar-refractivity contribution in [2.75, 3.05) is 25.5 Å². The topological polar surface area (TPSA) is 99.3 Å². The first-order valence-corrected chi connectivity index (χ1v) is 9.62. The summed E-state index contributed by atoms with van der Waals surface area (Å²) in [7, 11) is 1.75. The van der Waals surface area contributed by atoms with Crippen molar-refractivity contribution in [2.24, 2.45) is 0 Å². The van der Waals surface area contributed by atoms with Gasteiger partial charge in [-0.25, -0.2) is 0 Å². The van der Waals surface area contributed by atoms with Gasteiger partial charge >= 0.3 is 0 Å². The van der Waals surface area contributed by atoms with Crippen molar-refractivity contribution in [3.63, 3.8) is 0 Å². The Morgan fingerprint density at radius 3 is 2.38 bits per heavy atom. The number of hydrogen-bond acceptors (Lipinski definition) is 4. The van der Waals surface area contributed by atoms with Crippen molar-refractivity contribution in [1.29, 1.82) is 0 Å². The Bertz CT molecular complexity index is 824. The van der Waals surface area contributed by atoms with E-state index in [1.165, 1.54) is 5.56 Å². The van der Waals surface area contributed by atoms with Crippen molar-refractivity contribution in [1.82, 2.24) is 16.0 Å². The summed E-state index contributed by atoms with van der Waals surface area (Å²) in [5.74, 6) is -0.957. The molecule has 7 nitrogen and oxygen atoms in total. The van der Waals surface area contributed by atoms with Gasteiger partial charge in [-0.05, 0) is 43.7 Å². The molecule has 2 rings (SSSR count). The molecule has 2 aromatic carbocycles. The third kappa shape index (κ3) is 8.15. The van der Waals surface area contributed by atoms with Gasteiger partial charge in [0.2, 0.25) is 17.7 Å². The predicted molar refractivity (Wildman–Crippen MR) is 113 cm³/mol. The molecule has 0 aliphatic heterocycles. The zero-order chi connectivity index (χ0) is 21.1. The van der Waals surface area contributed by atoms with Crippen molar-refractivity contribution >= 4 is 23.4 Å². The second kappa shape index (κ2) is 11.6. The molecular formula is C22H28N4O3. The van der Waals surface area contributed by atoms with E-state index in [0.29, 0.717) is 12.2 Å². The number of hydrogen-bond donors (Lipinski definition) is 4. The standard InChI is InChI=1S/C22H28N4O3/c1-16(25-20(27)11-12-23-2)22(29)24-15-21(28)26-19-10-6-9-18(14-19)13-17-7-4-3-5-8-17/h3-10,14,16,23H,11-13,15H2,1-2H3,(H,24,29)(H,25,27)(H,26,28). The first-order chi connectivity index (χ1) is 14.0. The van der Waals surface area contributed by atoms with Crippen molar-refractivity contribution in [3.05, 3.63) is 65.7 Å². The third-order valence-electron chi connectivity index (χ3n) is 4.26. The fourth-order valence-corrected chi connectivity index (χ4v) is 2.73. The van der Waals surface area contributed by atoms with Crippen molar-refractivity contribution < 1.29 is 14.4 Å². The molecule has 3 amide bonds. The first kappa shape index (κ1) is 22.1. The Balaban J connectivity index is 1.79. The quantitative estimate of drug-likeness (QED) is 0.488. The molecule has 1 atom stereocenters. The zero-order valence-corrected chi connectivity index (χ0v) is 16.8. The van der Waals surface area contributed by atoms with Crippen LogP contribution in [0.25, 0.3) is 0 Å². The van der Waals surface area contributed by atoms with E-state index in [2.05, 4.69) is 33.4 Å². The van der Waals surface area contributed by atoms with Gasteiger partial charge < -0.3 is 21.3 Å². The van der Waals surface area contributed by atoms with Gasteiger partial charge in [-0.15, -0.1) is 0 Å². The molecule has 0 saturated heterocycles. The number of carbonyl (C=O) groups excluding carboxylic acids is 3. The molecule has 7 heteroatoms. The van der Waals surface area contributed by atoms with Crippen molar-refractivity contribution in [3.8, 4) is 0 Å². The molecule has 29 heavy (non-hydrogen) atoms. The maximum Gasteiger partial charge on any atom is 0.243 e. The lowest BCUT2D eigenvalue weighted by Gasteiger charge is -2.14. The van der Waals surface area contributed by atoms with E-state index in [-0.39, 0.29) is 24.8 Å². The normalized spacial score (nSPS) is 11.4. The Morgan fingerprint density at radius 2 is 1.66 bits per heavy atom. The number of rotatable bonds is 10. The summed E-state index contributed by atoms with van der Waals surface area (Å²) in [6.45, 7) is 1.95. The van der Waals surface area contributed by atoms with Gasteiger partial charge in [-0.1, -0.05) is 42.5 Å². The SMILES string of the molecule is CNCCC(=O)NC(C)C(=O)NCC(=O)Nc1cccc(Cc2ccccc2)c1. The maximum absolute atomic E-state index is 12.2. The highest BCUT2D eigenvalue weighted by Gasteiger charge is 2.16. The Kier molecular flexibility index (Phi) is 8.85. The van der Waals surface area contributed by atoms with Crippen LogP contribution in [0, 0.1) is 0 Å². The van der Waals surface area contributed by atoms with Gasteiger partial charge in [0, 0.05) is 18.7 Å². The summed E-state index contributed by atoms with van der Waals surface area (Å²) in [5.41, 5.74) is 2.94. The Hall–Kier alpha value is -3.19. The summed E-state index contributed by atoms with van der Waals surface area (Å²) in [6, 6.07) is 17.0. The molecule has 2 aromatic rings. The molecule has 0 bridgehead atoms. The molecule has 0 fully saturated rings. The van der Waals surface area contributed by atoms with Gasteiger partial charge in [0.25, 0.3) is 0 Å². The minimum Gasteiger partial charge on any atom is -0.345 e. The summed E-state index contributed by atoms with van der Waals surface area (Å²) in [4.78, 5) is 35.8. The van der Waals surface area contributed by atoms with E-state index in [9.17, 15) is 14.4 Å². The molecule has 154 valence electrons. The molecule has 4 N–H and O–H groups in total. The van der Waals surface area contributed by atoms with Crippen LogP contribution in [0.1, 0.15) is 24.5 Å². The molecule has 0 radical (unpaired) electrons. The number of nitrogens with one attached hydrogen (secondary N) is 4. The fourth-order valence-electron chi connectivity index (χ4n) is 2.73.